The Morgan fingerprint density at radius 3 is 0.947 bits per heavy atom. The molecule has 0 fully saturated rings. The highest BCUT2D eigenvalue weighted by molar-refractivity contribution is 5.82. The van der Waals surface area contributed by atoms with E-state index >= 15 is 0 Å². The van der Waals surface area contributed by atoms with Crippen molar-refractivity contribution in [3.05, 3.63) is 325 Å². The van der Waals surface area contributed by atoms with E-state index in [1.165, 1.54) is 35.6 Å². The lowest BCUT2D eigenvalue weighted by Crippen LogP contribution is -2.26. The Morgan fingerprint density at radius 2 is 0.614 bits per heavy atom. The Balaban J connectivity index is 0.000000193. The Hall–Kier alpha value is -12.3. The lowest BCUT2D eigenvalue weighted by Gasteiger charge is -2.22. The first-order valence-corrected chi connectivity index (χ1v) is 40.4. The molecule has 12 heterocycles. The summed E-state index contributed by atoms with van der Waals surface area (Å²) in [4.78, 5) is 71.0. The van der Waals surface area contributed by atoms with Gasteiger partial charge in [-0.05, 0) is 161 Å². The number of hydrogen-bond acceptors (Lipinski definition) is 20. The van der Waals surface area contributed by atoms with Crippen molar-refractivity contribution in [3.8, 4) is 22.8 Å². The fraction of sp³-hybridized carbons (Fsp3) is 0.319. The van der Waals surface area contributed by atoms with Crippen LogP contribution in [0, 0.1) is 0 Å². The molecule has 0 bridgehead atoms. The number of para-hydroxylation sites is 2. The van der Waals surface area contributed by atoms with Gasteiger partial charge in [0.25, 0.3) is 0 Å². The lowest BCUT2D eigenvalue weighted by molar-refractivity contribution is 0.282. The summed E-state index contributed by atoms with van der Waals surface area (Å²) in [6.45, 7) is 30.8. The number of benzene rings is 2. The van der Waals surface area contributed by atoms with Crippen molar-refractivity contribution < 1.29 is 0 Å². The van der Waals surface area contributed by atoms with Gasteiger partial charge < -0.3 is 39.2 Å². The Kier molecular flexibility index (Phi) is 41.1. The van der Waals surface area contributed by atoms with E-state index in [0.717, 1.165) is 173 Å². The first kappa shape index (κ1) is 88.9. The summed E-state index contributed by atoms with van der Waals surface area (Å²) in [5.41, 5.74) is 16.3. The van der Waals surface area contributed by atoms with Gasteiger partial charge in [-0.2, -0.15) is 0 Å². The van der Waals surface area contributed by atoms with Gasteiger partial charge in [0.15, 0.2) is 0 Å². The largest absolute Gasteiger partial charge is 0.362 e. The maximum absolute atomic E-state index is 4.91. The Labute approximate surface area is 680 Å². The quantitative estimate of drug-likeness (QED) is 0.0369. The van der Waals surface area contributed by atoms with Crippen LogP contribution in [0.25, 0.3) is 22.8 Å². The summed E-state index contributed by atoms with van der Waals surface area (Å²) in [6, 6.07) is 69.0. The molecule has 20 nitrogen and oxygen atoms in total. The van der Waals surface area contributed by atoms with E-state index in [1.54, 1.807) is 24.8 Å². The molecule has 0 radical (unpaired) electrons. The highest BCUT2D eigenvalue weighted by Gasteiger charge is 2.18. The highest BCUT2D eigenvalue weighted by Crippen LogP contribution is 2.24. The number of aryl methyl sites for hydroxylation is 2. The second-order valence-electron chi connectivity index (χ2n) is 26.3. The van der Waals surface area contributed by atoms with Crippen molar-refractivity contribution in [2.24, 2.45) is 20.0 Å². The summed E-state index contributed by atoms with van der Waals surface area (Å²) in [7, 11) is 4.16. The molecule has 0 unspecified atom stereocenters. The van der Waals surface area contributed by atoms with Crippen LogP contribution in [0.1, 0.15) is 152 Å². The van der Waals surface area contributed by atoms with Crippen molar-refractivity contribution in [3.63, 3.8) is 0 Å². The van der Waals surface area contributed by atoms with Crippen LogP contribution in [-0.4, -0.2) is 161 Å². The van der Waals surface area contributed by atoms with E-state index in [-0.39, 0.29) is 0 Å². The van der Waals surface area contributed by atoms with Crippen molar-refractivity contribution in [1.82, 2.24) is 69.3 Å². The molecule has 0 atom stereocenters. The average molecular weight is 1530 g/mol. The summed E-state index contributed by atoms with van der Waals surface area (Å²) in [5.74, 6) is 0. The zero-order valence-corrected chi connectivity index (χ0v) is 69.4. The predicted octanol–water partition coefficient (Wildman–Crippen LogP) is 19.0. The van der Waals surface area contributed by atoms with Crippen LogP contribution < -0.4 is 9.80 Å². The third-order valence-corrected chi connectivity index (χ3v) is 17.1. The van der Waals surface area contributed by atoms with Crippen LogP contribution >= 0.6 is 0 Å². The molecule has 114 heavy (non-hydrogen) atoms. The third kappa shape index (κ3) is 32.9. The van der Waals surface area contributed by atoms with Gasteiger partial charge in [0.1, 0.15) is 0 Å². The summed E-state index contributed by atoms with van der Waals surface area (Å²) >= 11 is 0. The minimum atomic E-state index is 0.787. The van der Waals surface area contributed by atoms with Crippen LogP contribution in [-0.2, 0) is 39.0 Å². The molecule has 0 saturated heterocycles. The number of aliphatic imine (C=N–C) groups is 4. The maximum atomic E-state index is 4.91. The molecule has 4 aliphatic heterocycles. The van der Waals surface area contributed by atoms with Gasteiger partial charge in [-0.3, -0.25) is 44.9 Å². The third-order valence-electron chi connectivity index (χ3n) is 17.1. The molecule has 0 aliphatic carbocycles. The number of aromatic nitrogens is 8. The number of unbranched alkanes of at least 4 members (excludes halogenated alkanes) is 2. The minimum absolute atomic E-state index is 0.787. The smallest absolute Gasteiger partial charge is 0.0946 e. The lowest BCUT2D eigenvalue weighted by atomic mass is 10.2. The Bertz CT molecular complexity index is 4270. The van der Waals surface area contributed by atoms with Crippen molar-refractivity contribution in [1.29, 1.82) is 0 Å². The Morgan fingerprint density at radius 1 is 0.298 bits per heavy atom. The predicted molar refractivity (Wildman–Crippen MR) is 476 cm³/mol. The van der Waals surface area contributed by atoms with Gasteiger partial charge in [-0.1, -0.05) is 153 Å². The molecule has 0 N–H and O–H groups in total. The molecule has 4 aliphatic rings. The zero-order chi connectivity index (χ0) is 81.0. The van der Waals surface area contributed by atoms with Gasteiger partial charge in [-0.15, -0.1) is 0 Å². The fourth-order valence-corrected chi connectivity index (χ4v) is 11.4. The number of nitrogens with zero attached hydrogens (tertiary/aromatic N) is 20. The van der Waals surface area contributed by atoms with Crippen LogP contribution in [0.15, 0.2) is 288 Å². The van der Waals surface area contributed by atoms with E-state index in [4.69, 9.17) is 9.97 Å². The van der Waals surface area contributed by atoms with Crippen LogP contribution in [0.4, 0.5) is 11.4 Å². The molecule has 2 aromatic carbocycles. The van der Waals surface area contributed by atoms with Crippen molar-refractivity contribution in [2.45, 2.75) is 134 Å². The molecule has 596 valence electrons. The zero-order valence-electron chi connectivity index (χ0n) is 69.4. The first-order valence-electron chi connectivity index (χ1n) is 40.4. The van der Waals surface area contributed by atoms with Crippen LogP contribution in [0.2, 0.25) is 0 Å². The van der Waals surface area contributed by atoms with Gasteiger partial charge in [0.2, 0.25) is 0 Å². The van der Waals surface area contributed by atoms with Gasteiger partial charge in [-0.25, -0.2) is 15.0 Å². The van der Waals surface area contributed by atoms with E-state index in [2.05, 4.69) is 284 Å². The number of anilines is 2. The fourth-order valence-electron chi connectivity index (χ4n) is 11.4. The SMILES string of the molecule is C1=CN(c2ccccc2)CN1Cc1cccc(CN2C=CN(c3ccccc3)C2)n1.CC.CC.CCCCN=Cc1cccc(C=NCCCC)n1.CCN=Cc1cccc(C=NCC)n1.CCc1cccc(CC)n1.CN1C=CN(Cc2cccc(CN3C=CN(C)C3)n2)C1.c1ccc(-c2cccc(-c3ccccn3)n2)nc1. The molecule has 20 heteroatoms. The molecular formula is C94H120N20. The topological polar surface area (TPSA) is 178 Å². The first-order chi connectivity index (χ1) is 56.0. The second-order valence-corrected chi connectivity index (χ2v) is 26.3. The number of pyridine rings is 8. The van der Waals surface area contributed by atoms with E-state index < -0.39 is 0 Å². The maximum Gasteiger partial charge on any atom is 0.0946 e. The van der Waals surface area contributed by atoms with Crippen LogP contribution in [0.3, 0.4) is 0 Å². The molecule has 8 aromatic heterocycles. The number of hydrogen-bond donors (Lipinski definition) is 0. The van der Waals surface area contributed by atoms with Gasteiger partial charge in [0, 0.05) is 150 Å². The molecule has 0 spiro atoms. The van der Waals surface area contributed by atoms with E-state index in [1.807, 2.05) is 157 Å². The molecule has 14 rings (SSSR count). The molecule has 0 saturated carbocycles. The minimum Gasteiger partial charge on any atom is -0.362 e. The van der Waals surface area contributed by atoms with E-state index in [9.17, 15) is 0 Å². The average Bonchev–Trinajstić information content (AvgIpc) is 1.43. The summed E-state index contributed by atoms with van der Waals surface area (Å²) < 4.78 is 0. The normalized spacial score (nSPS) is 13.0. The molecule has 10 aromatic rings. The van der Waals surface area contributed by atoms with E-state index in [0.29, 0.717) is 0 Å². The molecule has 0 amide bonds. The monoisotopic (exact) mass is 1530 g/mol. The summed E-state index contributed by atoms with van der Waals surface area (Å²) in [5, 5.41) is 0. The standard InChI is InChI=1S/C25H25N5.C15H21N5.C15H11N3.C15H23N3.C11H15N3.C9H13N.2C2H6/c1-3-10-24(11-4-1)29-16-14-27(20-29)18-22-8-7-9-23(26-22)19-28-15-17-30(21-28)25-12-5-2-6-13-25;1-17-6-8-19(12-17)10-14-4-3-5-15(16-14)11-20-9-7-18(2)13-20;1-3-10-16-12(6-1)14-8-5-9-15(18-14)13-7-2-4-11-17-13;1-3-5-10-16-12-14-8-7-9-15(18-14)13-17-11-6-4-2;1-3-12-8-10-6-5-7-11(14-10)9-13-4-2;1-3-8-6-5-7-9(4-2)10-8;2*1-2/h1-17H,18-21H2;3-9H,10-13H2,1-2H3;1-11H;7-9,12-13H,3-6,10-11H2,1-2H3;5-9H,3-4H2,1-2H3;5-7H,3-4H2,1-2H3;2*1-2H3. The second kappa shape index (κ2) is 52.8. The van der Waals surface area contributed by atoms with Crippen molar-refractivity contribution in [2.75, 3.05) is 76.7 Å². The van der Waals surface area contributed by atoms with Crippen LogP contribution in [0.5, 0.6) is 0 Å². The highest BCUT2D eigenvalue weighted by atomic mass is 15.4. The molecular weight excluding hydrogens is 1410 g/mol. The van der Waals surface area contributed by atoms with Gasteiger partial charge >= 0.3 is 0 Å². The number of rotatable bonds is 26. The summed E-state index contributed by atoms with van der Waals surface area (Å²) in [6.07, 6.45) is 34.4. The van der Waals surface area contributed by atoms with Gasteiger partial charge in [0.05, 0.1) is 121 Å². The van der Waals surface area contributed by atoms with Crippen molar-refractivity contribution >= 4 is 36.2 Å².